The van der Waals surface area contributed by atoms with Gasteiger partial charge >= 0.3 is 25.4 Å². The minimum absolute atomic E-state index is 0.232. The van der Waals surface area contributed by atoms with Crippen LogP contribution in [0.2, 0.25) is 0 Å². The van der Waals surface area contributed by atoms with Gasteiger partial charge in [-0.3, -0.25) is 0 Å². The van der Waals surface area contributed by atoms with Crippen LogP contribution in [0.3, 0.4) is 0 Å². The van der Waals surface area contributed by atoms with E-state index in [4.69, 9.17) is 33.5 Å². The topological polar surface area (TPSA) is 176 Å². The molecule has 416 valence electrons. The van der Waals surface area contributed by atoms with Gasteiger partial charge in [-0.25, -0.2) is 29.3 Å². The van der Waals surface area contributed by atoms with Crippen LogP contribution in [0.1, 0.15) is 90.0 Å². The van der Waals surface area contributed by atoms with E-state index in [9.17, 15) is 19.5 Å². The molecule has 18 nitrogen and oxygen atoms in total. The zero-order valence-electron chi connectivity index (χ0n) is 46.6. The normalized spacial score (nSPS) is 18.0. The number of rotatable bonds is 4. The number of hydrogen-bond acceptors (Lipinski definition) is 18. The highest BCUT2D eigenvalue weighted by molar-refractivity contribution is 9.10. The summed E-state index contributed by atoms with van der Waals surface area (Å²) in [6, 6.07) is 17.5. The van der Waals surface area contributed by atoms with Gasteiger partial charge in [-0.1, -0.05) is 58.3 Å². The van der Waals surface area contributed by atoms with E-state index in [2.05, 4.69) is 69.4 Å². The Bertz CT molecular complexity index is 2910. The zero-order valence-corrected chi connectivity index (χ0v) is 50.6. The van der Waals surface area contributed by atoms with E-state index in [1.807, 2.05) is 98.7 Å². The van der Waals surface area contributed by atoms with Gasteiger partial charge in [0.1, 0.15) is 22.6 Å². The Balaban J connectivity index is 0.000000155. The Labute approximate surface area is 472 Å². The number of anilines is 3. The Hall–Kier alpha value is -5.20. The number of hydrogen-bond donors (Lipinski definition) is 1. The van der Waals surface area contributed by atoms with Crippen molar-refractivity contribution in [1.82, 2.24) is 29.7 Å². The van der Waals surface area contributed by atoms with Gasteiger partial charge in [0, 0.05) is 88.5 Å². The first-order chi connectivity index (χ1) is 36.0. The van der Waals surface area contributed by atoms with Crippen molar-refractivity contribution >= 4 is 127 Å². The maximum absolute atomic E-state index is 12.3. The summed E-state index contributed by atoms with van der Waals surface area (Å²) < 4.78 is 33.0. The van der Waals surface area contributed by atoms with Crippen LogP contribution in [-0.4, -0.2) is 167 Å². The number of phenols is 1. The van der Waals surface area contributed by atoms with Crippen LogP contribution >= 0.6 is 49.9 Å². The quantitative estimate of drug-likeness (QED) is 0.130. The predicted octanol–water partition coefficient (Wildman–Crippen LogP) is 10.8. The number of thiazole rings is 3. The summed E-state index contributed by atoms with van der Waals surface area (Å²) in [5, 5.41) is 12.7. The van der Waals surface area contributed by atoms with Crippen molar-refractivity contribution in [2.75, 3.05) is 93.2 Å². The molecule has 4 aliphatic rings. The summed E-state index contributed by atoms with van der Waals surface area (Å²) in [5.74, 6) is 0.263. The van der Waals surface area contributed by atoms with E-state index < -0.39 is 23.9 Å². The molecular formula is C54H73BBrN9O9S3. The lowest BCUT2D eigenvalue weighted by atomic mass is 9.79. The lowest BCUT2D eigenvalue weighted by Gasteiger charge is -2.35. The number of piperazine rings is 3. The van der Waals surface area contributed by atoms with E-state index in [0.29, 0.717) is 52.4 Å². The third-order valence-corrected chi connectivity index (χ3v) is 17.7. The standard InChI is InChI=1S/C22H32BN3O4S.C16H20BrN3O2S.C16H21N3O3S/c1-20(2,3)28-19(27)26-13-11-25(12-14-26)18-24-16-10-8-9-15(17(16)31-18)23-29-21(4,5)22(6,7)30-23;1-16(2,3)22-15(21)20-9-7-19(8-10-20)14-18-12-6-4-5-11(17)13(12)23-14;1-16(2,3)22-15(21)19-9-7-18(8-10-19)14-17-11-5-4-6-12(20)13(11)23-14/h8-10H,11-14H2,1-7H3;4-6H,7-10H2,1-3H3;4-6,20H,7-10H2,1-3H3. The molecule has 7 heterocycles. The number of ether oxygens (including phenoxy) is 3. The molecule has 4 fully saturated rings. The average molecular weight is 1180 g/mol. The van der Waals surface area contributed by atoms with Gasteiger partial charge in [0.25, 0.3) is 0 Å². The third-order valence-electron chi connectivity index (χ3n) is 13.3. The van der Waals surface area contributed by atoms with Crippen LogP contribution in [-0.2, 0) is 23.5 Å². The summed E-state index contributed by atoms with van der Waals surface area (Å²) in [7, 11) is -0.411. The first kappa shape index (κ1) is 58.0. The van der Waals surface area contributed by atoms with Crippen molar-refractivity contribution in [3.05, 3.63) is 59.1 Å². The van der Waals surface area contributed by atoms with Gasteiger partial charge in [0.15, 0.2) is 15.4 Å². The number of amides is 3. The van der Waals surface area contributed by atoms with Gasteiger partial charge in [0.2, 0.25) is 0 Å². The lowest BCUT2D eigenvalue weighted by Crippen LogP contribution is -2.50. The van der Waals surface area contributed by atoms with E-state index in [-0.39, 0.29) is 35.2 Å². The van der Waals surface area contributed by atoms with E-state index in [1.165, 1.54) is 11.3 Å². The molecule has 4 aliphatic heterocycles. The number of benzene rings is 3. The molecule has 0 unspecified atom stereocenters. The van der Waals surface area contributed by atoms with Crippen molar-refractivity contribution in [3.8, 4) is 5.75 Å². The van der Waals surface area contributed by atoms with Crippen molar-refractivity contribution in [2.45, 2.75) is 118 Å². The van der Waals surface area contributed by atoms with E-state index in [0.717, 1.165) is 82.2 Å². The highest BCUT2D eigenvalue weighted by Crippen LogP contribution is 2.39. The molecule has 4 saturated heterocycles. The van der Waals surface area contributed by atoms with E-state index in [1.54, 1.807) is 49.5 Å². The molecule has 10 rings (SSSR count). The maximum atomic E-state index is 12.3. The molecule has 23 heteroatoms. The lowest BCUT2D eigenvalue weighted by molar-refractivity contribution is 0.00578. The molecule has 3 aromatic carbocycles. The largest absolute Gasteiger partial charge is 0.506 e. The Kier molecular flexibility index (Phi) is 17.2. The molecule has 3 amide bonds. The van der Waals surface area contributed by atoms with Crippen LogP contribution in [0.5, 0.6) is 5.75 Å². The molecule has 0 bridgehead atoms. The third kappa shape index (κ3) is 14.4. The number of carbonyl (C=O) groups is 3. The fraction of sp³-hybridized carbons (Fsp3) is 0.556. The summed E-state index contributed by atoms with van der Waals surface area (Å²) >= 11 is 8.39. The van der Waals surface area contributed by atoms with Crippen molar-refractivity contribution in [1.29, 1.82) is 0 Å². The Morgan fingerprint density at radius 1 is 0.519 bits per heavy atom. The predicted molar refractivity (Wildman–Crippen MR) is 314 cm³/mol. The second-order valence-corrected chi connectivity index (χ2v) is 27.1. The summed E-state index contributed by atoms with van der Waals surface area (Å²) in [4.78, 5) is 62.6. The second kappa shape index (κ2) is 22.9. The number of carbonyl (C=O) groups excluding carboxylic acids is 3. The fourth-order valence-electron chi connectivity index (χ4n) is 8.57. The Morgan fingerprint density at radius 3 is 1.21 bits per heavy atom. The van der Waals surface area contributed by atoms with Crippen LogP contribution < -0.4 is 20.2 Å². The van der Waals surface area contributed by atoms with Gasteiger partial charge in [-0.2, -0.15) is 0 Å². The minimum atomic E-state index is -0.481. The Morgan fingerprint density at radius 2 is 0.844 bits per heavy atom. The molecule has 0 spiro atoms. The van der Waals surface area contributed by atoms with Gasteiger partial charge in [-0.15, -0.1) is 0 Å². The summed E-state index contributed by atoms with van der Waals surface area (Å²) in [5.41, 5.74) is 1.61. The number of nitrogens with zero attached hydrogens (tertiary/aromatic N) is 9. The second-order valence-electron chi connectivity index (χ2n) is 23.3. The number of halogens is 1. The van der Waals surface area contributed by atoms with Crippen molar-refractivity contribution in [3.63, 3.8) is 0 Å². The van der Waals surface area contributed by atoms with Crippen LogP contribution in [0.4, 0.5) is 29.8 Å². The highest BCUT2D eigenvalue weighted by atomic mass is 79.9. The van der Waals surface area contributed by atoms with Crippen molar-refractivity contribution in [2.24, 2.45) is 0 Å². The first-order valence-electron chi connectivity index (χ1n) is 26.1. The van der Waals surface area contributed by atoms with Crippen LogP contribution in [0.15, 0.2) is 59.1 Å². The molecule has 3 aromatic heterocycles. The average Bonchev–Trinajstić information content (AvgIpc) is 4.15. The molecule has 77 heavy (non-hydrogen) atoms. The zero-order chi connectivity index (χ0) is 55.8. The van der Waals surface area contributed by atoms with Crippen LogP contribution in [0.25, 0.3) is 30.6 Å². The summed E-state index contributed by atoms with van der Waals surface area (Å²) in [6.45, 7) is 33.4. The number of fused-ring (bicyclic) bond motifs is 3. The molecule has 0 radical (unpaired) electrons. The smallest absolute Gasteiger partial charge is 0.496 e. The summed E-state index contributed by atoms with van der Waals surface area (Å²) in [6.07, 6.45) is -0.747. The van der Waals surface area contributed by atoms with Gasteiger partial charge in [-0.05, 0) is 136 Å². The minimum Gasteiger partial charge on any atom is -0.506 e. The fourth-order valence-corrected chi connectivity index (χ4v) is 12.4. The SMILES string of the molecule is CC(C)(C)OC(=O)N1CCN(c2nc3cccc(B4OC(C)(C)C(C)(C)O4)c3s2)CC1.CC(C)(C)OC(=O)N1CCN(c2nc3cccc(Br)c3s2)CC1.CC(C)(C)OC(=O)N1CCN(c2nc3cccc(O)c3s2)CC1. The van der Waals surface area contributed by atoms with E-state index >= 15 is 0 Å². The molecule has 0 atom stereocenters. The van der Waals surface area contributed by atoms with Gasteiger partial charge < -0.3 is 58.0 Å². The molecule has 0 aliphatic carbocycles. The first-order valence-corrected chi connectivity index (χ1v) is 29.3. The van der Waals surface area contributed by atoms with Crippen LogP contribution in [0, 0.1) is 0 Å². The number of aromatic nitrogens is 3. The molecule has 0 saturated carbocycles. The molecule has 6 aromatic rings. The highest BCUT2D eigenvalue weighted by Gasteiger charge is 2.52. The number of phenolic OH excluding ortho intramolecular Hbond substituents is 1. The monoisotopic (exact) mass is 1180 g/mol. The number of aromatic hydroxyl groups is 1. The van der Waals surface area contributed by atoms with Crippen molar-refractivity contribution < 1.29 is 43.0 Å². The molecule has 1 N–H and O–H groups in total. The van der Waals surface area contributed by atoms with Gasteiger partial charge in [0.05, 0.1) is 41.9 Å². The molecular weight excluding hydrogens is 1110 g/mol. The maximum Gasteiger partial charge on any atom is 0.496 e.